The van der Waals surface area contributed by atoms with Crippen LogP contribution < -0.4 is 0 Å². The summed E-state index contributed by atoms with van der Waals surface area (Å²) >= 11 is 0. The maximum atomic E-state index is 13.4. The van der Waals surface area contributed by atoms with Gasteiger partial charge in [0, 0.05) is 12.1 Å². The summed E-state index contributed by atoms with van der Waals surface area (Å²) in [4.78, 5) is 19.0. The molecule has 0 unspecified atom stereocenters. The Balaban J connectivity index is 1.52. The Morgan fingerprint density at radius 2 is 2.11 bits per heavy atom. The number of rotatable bonds is 4. The van der Waals surface area contributed by atoms with E-state index in [1.807, 2.05) is 31.2 Å². The number of amides is 1. The molecule has 1 fully saturated rings. The van der Waals surface area contributed by atoms with Crippen LogP contribution in [0.3, 0.4) is 0 Å². The molecule has 0 spiro atoms. The molecule has 0 N–H and O–H groups in total. The van der Waals surface area contributed by atoms with Crippen molar-refractivity contribution in [2.45, 2.75) is 32.2 Å². The monoisotopic (exact) mass is 365 g/mol. The highest BCUT2D eigenvalue weighted by atomic mass is 19.1. The average molecular weight is 365 g/mol. The first-order valence-electron chi connectivity index (χ1n) is 9.05. The number of halogens is 1. The van der Waals surface area contributed by atoms with Crippen molar-refractivity contribution >= 4 is 5.91 Å². The molecule has 1 aromatic heterocycles. The first-order chi connectivity index (χ1) is 13.1. The van der Waals surface area contributed by atoms with Crippen LogP contribution in [0, 0.1) is 12.7 Å². The lowest BCUT2D eigenvalue weighted by molar-refractivity contribution is -0.131. The van der Waals surface area contributed by atoms with E-state index < -0.39 is 0 Å². The van der Waals surface area contributed by atoms with Gasteiger partial charge in [-0.1, -0.05) is 41.1 Å². The van der Waals surface area contributed by atoms with Crippen molar-refractivity contribution < 1.29 is 13.7 Å². The number of aryl methyl sites for hydroxylation is 1. The van der Waals surface area contributed by atoms with E-state index in [2.05, 4.69) is 10.1 Å². The summed E-state index contributed by atoms with van der Waals surface area (Å²) in [5.41, 5.74) is 2.67. The SMILES string of the molecule is Cc1cccc(-c2noc([C@H]3CCCN3C(=O)Cc3cccc(F)c3)n2)c1. The van der Waals surface area contributed by atoms with E-state index in [-0.39, 0.29) is 24.2 Å². The third-order valence-corrected chi connectivity index (χ3v) is 4.82. The second kappa shape index (κ2) is 7.31. The van der Waals surface area contributed by atoms with Crippen molar-refractivity contribution in [1.82, 2.24) is 15.0 Å². The van der Waals surface area contributed by atoms with Crippen LogP contribution in [-0.2, 0) is 11.2 Å². The Labute approximate surface area is 156 Å². The number of hydrogen-bond donors (Lipinski definition) is 0. The minimum Gasteiger partial charge on any atom is -0.337 e. The smallest absolute Gasteiger partial charge is 0.249 e. The predicted molar refractivity (Wildman–Crippen MR) is 98.3 cm³/mol. The fourth-order valence-corrected chi connectivity index (χ4v) is 3.52. The second-order valence-corrected chi connectivity index (χ2v) is 6.88. The van der Waals surface area contributed by atoms with Gasteiger partial charge in [0.05, 0.1) is 6.42 Å². The van der Waals surface area contributed by atoms with E-state index in [1.54, 1.807) is 17.0 Å². The molecule has 0 saturated carbocycles. The molecule has 1 aliphatic heterocycles. The highest BCUT2D eigenvalue weighted by Gasteiger charge is 2.34. The Hall–Kier alpha value is -3.02. The largest absolute Gasteiger partial charge is 0.337 e. The molecule has 0 aliphatic carbocycles. The lowest BCUT2D eigenvalue weighted by Gasteiger charge is -2.21. The van der Waals surface area contributed by atoms with E-state index in [4.69, 9.17) is 4.52 Å². The summed E-state index contributed by atoms with van der Waals surface area (Å²) in [6, 6.07) is 13.8. The molecule has 138 valence electrons. The van der Waals surface area contributed by atoms with E-state index in [1.165, 1.54) is 12.1 Å². The molecule has 1 amide bonds. The van der Waals surface area contributed by atoms with Crippen LogP contribution in [0.25, 0.3) is 11.4 Å². The Bertz CT molecular complexity index is 969. The number of carbonyl (C=O) groups excluding carboxylic acids is 1. The molecule has 6 heteroatoms. The van der Waals surface area contributed by atoms with E-state index in [0.717, 1.165) is 24.0 Å². The zero-order chi connectivity index (χ0) is 18.8. The van der Waals surface area contributed by atoms with E-state index in [0.29, 0.717) is 23.8 Å². The van der Waals surface area contributed by atoms with Gasteiger partial charge in [0.2, 0.25) is 17.6 Å². The molecule has 3 aromatic rings. The molecular weight excluding hydrogens is 345 g/mol. The molecule has 1 aliphatic rings. The molecule has 4 rings (SSSR count). The van der Waals surface area contributed by atoms with Crippen LogP contribution in [0.4, 0.5) is 4.39 Å². The summed E-state index contributed by atoms with van der Waals surface area (Å²) in [6.45, 7) is 2.65. The third-order valence-electron chi connectivity index (χ3n) is 4.82. The number of aromatic nitrogens is 2. The molecular formula is C21H20FN3O2. The van der Waals surface area contributed by atoms with Crippen molar-refractivity contribution in [3.8, 4) is 11.4 Å². The number of nitrogens with zero attached hydrogens (tertiary/aromatic N) is 3. The van der Waals surface area contributed by atoms with Gasteiger partial charge in [-0.15, -0.1) is 0 Å². The van der Waals surface area contributed by atoms with Gasteiger partial charge in [0.15, 0.2) is 0 Å². The maximum absolute atomic E-state index is 13.4. The minimum atomic E-state index is -0.335. The fraction of sp³-hybridized carbons (Fsp3) is 0.286. The average Bonchev–Trinajstić information content (AvgIpc) is 3.31. The second-order valence-electron chi connectivity index (χ2n) is 6.88. The first kappa shape index (κ1) is 17.4. The summed E-state index contributed by atoms with van der Waals surface area (Å²) in [6.07, 6.45) is 1.82. The highest BCUT2D eigenvalue weighted by Crippen LogP contribution is 2.32. The molecule has 0 bridgehead atoms. The van der Waals surface area contributed by atoms with Crippen molar-refractivity contribution in [1.29, 1.82) is 0 Å². The zero-order valence-corrected chi connectivity index (χ0v) is 15.1. The minimum absolute atomic E-state index is 0.0570. The topological polar surface area (TPSA) is 59.2 Å². The molecule has 1 saturated heterocycles. The van der Waals surface area contributed by atoms with Gasteiger partial charge in [0.1, 0.15) is 11.9 Å². The van der Waals surface area contributed by atoms with Crippen LogP contribution in [0.2, 0.25) is 0 Å². The predicted octanol–water partition coefficient (Wildman–Crippen LogP) is 4.09. The van der Waals surface area contributed by atoms with Crippen molar-refractivity contribution in [3.05, 3.63) is 71.4 Å². The number of carbonyl (C=O) groups is 1. The van der Waals surface area contributed by atoms with Gasteiger partial charge in [0.25, 0.3) is 0 Å². The molecule has 0 radical (unpaired) electrons. The van der Waals surface area contributed by atoms with Gasteiger partial charge >= 0.3 is 0 Å². The van der Waals surface area contributed by atoms with Gasteiger partial charge in [-0.3, -0.25) is 4.79 Å². The van der Waals surface area contributed by atoms with Crippen LogP contribution >= 0.6 is 0 Å². The highest BCUT2D eigenvalue weighted by molar-refractivity contribution is 5.79. The molecule has 2 heterocycles. The molecule has 5 nitrogen and oxygen atoms in total. The van der Waals surface area contributed by atoms with Gasteiger partial charge in [-0.2, -0.15) is 4.98 Å². The van der Waals surface area contributed by atoms with Gasteiger partial charge in [-0.25, -0.2) is 4.39 Å². The lowest BCUT2D eigenvalue weighted by Crippen LogP contribution is -2.32. The quantitative estimate of drug-likeness (QED) is 0.699. The van der Waals surface area contributed by atoms with Crippen LogP contribution in [-0.4, -0.2) is 27.5 Å². The Morgan fingerprint density at radius 3 is 2.93 bits per heavy atom. The van der Waals surface area contributed by atoms with Gasteiger partial charge in [-0.05, 0) is 43.5 Å². The summed E-state index contributed by atoms with van der Waals surface area (Å²) in [5.74, 6) is 0.589. The standard InChI is InChI=1S/C21H20FN3O2/c1-14-5-2-7-16(11-14)20-23-21(27-24-20)18-9-4-10-25(18)19(26)13-15-6-3-8-17(22)12-15/h2-3,5-8,11-12,18H,4,9-10,13H2,1H3/t18-/m1/s1. The summed E-state index contributed by atoms with van der Waals surface area (Å²) in [7, 11) is 0. The lowest BCUT2D eigenvalue weighted by atomic mass is 10.1. The summed E-state index contributed by atoms with van der Waals surface area (Å²) < 4.78 is 18.8. The molecule has 1 atom stereocenters. The normalized spacial score (nSPS) is 16.7. The Kier molecular flexibility index (Phi) is 4.71. The van der Waals surface area contributed by atoms with Crippen LogP contribution in [0.1, 0.15) is 35.9 Å². The first-order valence-corrected chi connectivity index (χ1v) is 9.05. The number of benzene rings is 2. The Morgan fingerprint density at radius 1 is 1.26 bits per heavy atom. The van der Waals surface area contributed by atoms with Crippen LogP contribution in [0.5, 0.6) is 0 Å². The van der Waals surface area contributed by atoms with Crippen molar-refractivity contribution in [2.24, 2.45) is 0 Å². The number of hydrogen-bond acceptors (Lipinski definition) is 4. The van der Waals surface area contributed by atoms with E-state index in [9.17, 15) is 9.18 Å². The fourth-order valence-electron chi connectivity index (χ4n) is 3.52. The van der Waals surface area contributed by atoms with E-state index >= 15 is 0 Å². The van der Waals surface area contributed by atoms with Gasteiger partial charge < -0.3 is 9.42 Å². The maximum Gasteiger partial charge on any atom is 0.249 e. The molecule has 27 heavy (non-hydrogen) atoms. The zero-order valence-electron chi connectivity index (χ0n) is 15.1. The summed E-state index contributed by atoms with van der Waals surface area (Å²) in [5, 5.41) is 4.09. The number of likely N-dealkylation sites (tertiary alicyclic amines) is 1. The van der Waals surface area contributed by atoms with Crippen molar-refractivity contribution in [3.63, 3.8) is 0 Å². The third kappa shape index (κ3) is 3.74. The molecule has 2 aromatic carbocycles. The van der Waals surface area contributed by atoms with Crippen LogP contribution in [0.15, 0.2) is 53.1 Å². The van der Waals surface area contributed by atoms with Crippen molar-refractivity contribution in [2.75, 3.05) is 6.54 Å².